The molecule has 3 aromatic heterocycles. The molecule has 240 valence electrons. The second-order valence-electron chi connectivity index (χ2n) is 13.3. The number of carbonyl (C=O) groups excluding carboxylic acids is 2. The van der Waals surface area contributed by atoms with E-state index in [2.05, 4.69) is 29.3 Å². The summed E-state index contributed by atoms with van der Waals surface area (Å²) in [5.41, 5.74) is 3.67. The maximum atomic E-state index is 13.0. The highest BCUT2D eigenvalue weighted by atomic mass is 16.6. The number of aromatic nitrogens is 5. The highest BCUT2D eigenvalue weighted by Crippen LogP contribution is 2.32. The molecule has 1 aromatic carbocycles. The van der Waals surface area contributed by atoms with Crippen molar-refractivity contribution >= 4 is 28.9 Å². The minimum atomic E-state index is -0.840. The Bertz CT molecular complexity index is 1660. The normalized spacial score (nSPS) is 14.8. The zero-order valence-corrected chi connectivity index (χ0v) is 27.4. The minimum absolute atomic E-state index is 0.146. The molecule has 12 nitrogen and oxygen atoms in total. The molecule has 4 aromatic rings. The van der Waals surface area contributed by atoms with Crippen molar-refractivity contribution in [3.63, 3.8) is 0 Å². The van der Waals surface area contributed by atoms with E-state index in [0.29, 0.717) is 49.1 Å². The molecule has 0 radical (unpaired) electrons. The summed E-state index contributed by atoms with van der Waals surface area (Å²) in [4.78, 5) is 38.2. The Kier molecular flexibility index (Phi) is 8.88. The lowest BCUT2D eigenvalue weighted by atomic mass is 10.1. The predicted octanol–water partition coefficient (Wildman–Crippen LogP) is 5.26. The van der Waals surface area contributed by atoms with Crippen LogP contribution in [0.25, 0.3) is 28.2 Å². The van der Waals surface area contributed by atoms with Crippen molar-refractivity contribution in [2.24, 2.45) is 7.05 Å². The van der Waals surface area contributed by atoms with E-state index in [-0.39, 0.29) is 6.42 Å². The quantitative estimate of drug-likeness (QED) is 0.276. The third-order valence-corrected chi connectivity index (χ3v) is 7.11. The molecule has 0 saturated carbocycles. The lowest BCUT2D eigenvalue weighted by molar-refractivity contribution is -0.155. The number of alkyl carbamates (subject to hydrolysis) is 1. The van der Waals surface area contributed by atoms with E-state index in [1.165, 1.54) is 0 Å². The number of pyridine rings is 1. The second kappa shape index (κ2) is 12.5. The molecule has 1 aliphatic rings. The van der Waals surface area contributed by atoms with Crippen molar-refractivity contribution in [1.82, 2.24) is 29.6 Å². The molecule has 45 heavy (non-hydrogen) atoms. The van der Waals surface area contributed by atoms with Gasteiger partial charge in [-0.15, -0.1) is 0 Å². The molecular weight excluding hydrogens is 574 g/mol. The second-order valence-corrected chi connectivity index (χ2v) is 13.3. The van der Waals surface area contributed by atoms with Crippen LogP contribution in [0.2, 0.25) is 0 Å². The highest BCUT2D eigenvalue weighted by Gasteiger charge is 2.30. The number of imidazole rings is 1. The fraction of sp³-hybridized carbons (Fsp3) is 0.485. The van der Waals surface area contributed by atoms with Crippen molar-refractivity contribution < 1.29 is 23.8 Å². The Morgan fingerprint density at radius 1 is 1.00 bits per heavy atom. The number of aryl methyl sites for hydroxylation is 2. The van der Waals surface area contributed by atoms with Crippen molar-refractivity contribution in [3.8, 4) is 17.1 Å². The number of esters is 1. The summed E-state index contributed by atoms with van der Waals surface area (Å²) in [6.07, 6.45) is 1.08. The predicted molar refractivity (Wildman–Crippen MR) is 171 cm³/mol. The molecule has 1 saturated heterocycles. The van der Waals surface area contributed by atoms with Gasteiger partial charge in [0, 0.05) is 38.0 Å². The number of fused-ring (bicyclic) bond motifs is 1. The van der Waals surface area contributed by atoms with Gasteiger partial charge in [0.05, 0.1) is 31.0 Å². The number of amides is 1. The van der Waals surface area contributed by atoms with E-state index in [0.717, 1.165) is 22.5 Å². The molecule has 1 aliphatic heterocycles. The van der Waals surface area contributed by atoms with E-state index < -0.39 is 29.3 Å². The van der Waals surface area contributed by atoms with Crippen LogP contribution in [0.15, 0.2) is 42.6 Å². The van der Waals surface area contributed by atoms with E-state index in [4.69, 9.17) is 29.3 Å². The number of carbonyl (C=O) groups is 2. The van der Waals surface area contributed by atoms with Crippen LogP contribution in [-0.4, -0.2) is 73.9 Å². The van der Waals surface area contributed by atoms with E-state index in [1.54, 1.807) is 50.8 Å². The topological polar surface area (TPSA) is 126 Å². The smallest absolute Gasteiger partial charge is 0.408 e. The van der Waals surface area contributed by atoms with Gasteiger partial charge in [-0.05, 0) is 60.6 Å². The number of anilines is 1. The molecular formula is C33H43N7O5. The molecule has 1 atom stereocenters. The summed E-state index contributed by atoms with van der Waals surface area (Å²) in [7, 11) is 1.82. The number of hydrogen-bond donors (Lipinski definition) is 1. The lowest BCUT2D eigenvalue weighted by Gasteiger charge is -2.29. The Morgan fingerprint density at radius 3 is 2.38 bits per heavy atom. The van der Waals surface area contributed by atoms with Crippen molar-refractivity contribution in [2.45, 2.75) is 72.1 Å². The van der Waals surface area contributed by atoms with Crippen LogP contribution in [0.5, 0.6) is 0 Å². The van der Waals surface area contributed by atoms with E-state index in [9.17, 15) is 9.59 Å². The number of ether oxygens (including phenoxy) is 3. The van der Waals surface area contributed by atoms with Crippen LogP contribution in [0.3, 0.4) is 0 Å². The average molecular weight is 618 g/mol. The number of nitrogens with one attached hydrogen (secondary N) is 1. The fourth-order valence-electron chi connectivity index (χ4n) is 5.23. The van der Waals surface area contributed by atoms with Gasteiger partial charge in [0.1, 0.15) is 28.6 Å². The van der Waals surface area contributed by atoms with Crippen LogP contribution in [0.1, 0.15) is 65.4 Å². The minimum Gasteiger partial charge on any atom is -0.460 e. The van der Waals surface area contributed by atoms with Crippen LogP contribution in [0.4, 0.5) is 10.5 Å². The molecule has 1 N–H and O–H groups in total. The summed E-state index contributed by atoms with van der Waals surface area (Å²) >= 11 is 0. The standard InChI is InChI=1S/C33H43N7O5/c1-21-10-9-11-22(18-21)23-12-13-40(37-23)26-20-25(39-14-16-43-17-15-39)28-30(35-26)38(8)29(36-28)24(19-27(41)44-32(2,3)4)34-31(42)45-33(5,6)7/h9-13,18,20,24H,14-17,19H2,1-8H3,(H,34,42)/t24-/m0/s1. The number of rotatable bonds is 7. The van der Waals surface area contributed by atoms with Crippen molar-refractivity contribution in [1.29, 1.82) is 0 Å². The molecule has 1 amide bonds. The Balaban J connectivity index is 1.60. The maximum Gasteiger partial charge on any atom is 0.408 e. The van der Waals surface area contributed by atoms with Gasteiger partial charge in [-0.3, -0.25) is 4.79 Å². The van der Waals surface area contributed by atoms with Gasteiger partial charge in [0.15, 0.2) is 11.5 Å². The Hall–Kier alpha value is -4.45. The van der Waals surface area contributed by atoms with Crippen molar-refractivity contribution in [2.75, 3.05) is 31.2 Å². The number of benzene rings is 1. The number of hydrogen-bond acceptors (Lipinski definition) is 9. The summed E-state index contributed by atoms with van der Waals surface area (Å²) in [5, 5.41) is 7.71. The first-order valence-corrected chi connectivity index (χ1v) is 15.2. The van der Waals surface area contributed by atoms with Crippen LogP contribution in [-0.2, 0) is 26.1 Å². The summed E-state index contributed by atoms with van der Waals surface area (Å²) < 4.78 is 20.3. The fourth-order valence-corrected chi connectivity index (χ4v) is 5.23. The first kappa shape index (κ1) is 32.0. The van der Waals surface area contributed by atoms with Crippen LogP contribution in [0, 0.1) is 6.92 Å². The van der Waals surface area contributed by atoms with Gasteiger partial charge < -0.3 is 29.0 Å². The monoisotopic (exact) mass is 617 g/mol. The van der Waals surface area contributed by atoms with Gasteiger partial charge >= 0.3 is 12.1 Å². The summed E-state index contributed by atoms with van der Waals surface area (Å²) in [6, 6.07) is 11.3. The summed E-state index contributed by atoms with van der Waals surface area (Å²) in [6.45, 7) is 15.3. The van der Waals surface area contributed by atoms with E-state index in [1.807, 2.05) is 37.5 Å². The first-order valence-electron chi connectivity index (χ1n) is 15.2. The van der Waals surface area contributed by atoms with Crippen LogP contribution >= 0.6 is 0 Å². The van der Waals surface area contributed by atoms with Gasteiger partial charge in [-0.2, -0.15) is 5.10 Å². The van der Waals surface area contributed by atoms with Gasteiger partial charge in [-0.25, -0.2) is 19.4 Å². The lowest BCUT2D eigenvalue weighted by Crippen LogP contribution is -2.37. The molecule has 1 fully saturated rings. The zero-order valence-electron chi connectivity index (χ0n) is 27.4. The molecule has 4 heterocycles. The molecule has 0 spiro atoms. The van der Waals surface area contributed by atoms with Crippen LogP contribution < -0.4 is 10.2 Å². The molecule has 0 bridgehead atoms. The van der Waals surface area contributed by atoms with Crippen molar-refractivity contribution in [3.05, 3.63) is 54.0 Å². The average Bonchev–Trinajstić information content (AvgIpc) is 3.56. The van der Waals surface area contributed by atoms with Gasteiger partial charge in [-0.1, -0.05) is 23.8 Å². The van der Waals surface area contributed by atoms with Gasteiger partial charge in [0.25, 0.3) is 0 Å². The third kappa shape index (κ3) is 7.80. The number of nitrogens with zero attached hydrogens (tertiary/aromatic N) is 6. The Labute approximate surface area is 263 Å². The first-order chi connectivity index (χ1) is 21.2. The molecule has 0 unspecified atom stereocenters. The zero-order chi connectivity index (χ0) is 32.5. The maximum absolute atomic E-state index is 13.0. The molecule has 0 aliphatic carbocycles. The SMILES string of the molecule is Cc1cccc(-c2ccn(-c3cc(N4CCOCC4)c4nc([C@H](CC(=O)OC(C)(C)C)NC(=O)OC(C)(C)C)n(C)c4n3)n2)c1. The largest absolute Gasteiger partial charge is 0.460 e. The van der Waals surface area contributed by atoms with Gasteiger partial charge in [0.2, 0.25) is 0 Å². The number of morpholine rings is 1. The third-order valence-electron chi connectivity index (χ3n) is 7.11. The van der Waals surface area contributed by atoms with E-state index >= 15 is 0 Å². The molecule has 5 rings (SSSR count). The highest BCUT2D eigenvalue weighted by molar-refractivity contribution is 5.88. The molecule has 12 heteroatoms. The Morgan fingerprint density at radius 2 is 1.71 bits per heavy atom. The summed E-state index contributed by atoms with van der Waals surface area (Å²) in [5.74, 6) is 0.584.